The van der Waals surface area contributed by atoms with E-state index in [1.54, 1.807) is 12.1 Å². The molecule has 3 heteroatoms. The van der Waals surface area contributed by atoms with Crippen LogP contribution < -0.4 is 10.2 Å². The van der Waals surface area contributed by atoms with Gasteiger partial charge < -0.3 is 10.2 Å². The van der Waals surface area contributed by atoms with E-state index in [1.807, 2.05) is 12.1 Å². The highest BCUT2D eigenvalue weighted by Gasteiger charge is 1.87. The number of nitrogens with two attached hydrogens (primary N) is 1. The lowest BCUT2D eigenvalue weighted by Crippen LogP contribution is -1.87. The maximum atomic E-state index is 5.43. The van der Waals surface area contributed by atoms with Gasteiger partial charge in [0.05, 0.1) is 0 Å². The fourth-order valence-corrected chi connectivity index (χ4v) is 0.705. The number of benzene rings is 1. The molecule has 0 aliphatic rings. The molecule has 1 aromatic carbocycles. The third-order valence-corrected chi connectivity index (χ3v) is 1.21. The van der Waals surface area contributed by atoms with Crippen molar-refractivity contribution in [2.75, 3.05) is 5.73 Å². The maximum absolute atomic E-state index is 5.43. The van der Waals surface area contributed by atoms with E-state index in [1.165, 1.54) is 0 Å². The minimum atomic E-state index is 0.700. The van der Waals surface area contributed by atoms with Gasteiger partial charge in [-0.1, -0.05) is 6.07 Å². The molecule has 0 aliphatic heterocycles. The van der Waals surface area contributed by atoms with Gasteiger partial charge >= 0.3 is 10.5 Å². The number of nitrogen functional groups attached to an aromatic ring is 1. The molecule has 0 saturated carbocycles. The Morgan fingerprint density at radius 2 is 2.22 bits per heavy atom. The average molecular weight is 136 g/mol. The Bertz CT molecular complexity index is 202. The van der Waals surface area contributed by atoms with Gasteiger partial charge in [-0.05, 0) is 12.1 Å². The molecule has 0 bridgehead atoms. The predicted molar refractivity (Wildman–Crippen MR) is 37.2 cm³/mol. The van der Waals surface area contributed by atoms with Crippen molar-refractivity contribution >= 4 is 16.2 Å². The average Bonchev–Trinajstić information content (AvgIpc) is 1.88. The third kappa shape index (κ3) is 1.47. The van der Waals surface area contributed by atoms with Crippen LogP contribution in [0.4, 0.5) is 5.69 Å². The molecule has 2 nitrogen and oxygen atoms in total. The molecule has 3 radical (unpaired) electrons. The predicted octanol–water partition coefficient (Wildman–Crippen LogP) is 0.731. The lowest BCUT2D eigenvalue weighted by molar-refractivity contribution is 0.617. The maximum Gasteiger partial charge on any atom is 0.341 e. The Morgan fingerprint density at radius 1 is 1.44 bits per heavy atom. The topological polar surface area (TPSA) is 35.2 Å². The van der Waals surface area contributed by atoms with Crippen LogP contribution in [-0.2, 0) is 0 Å². The minimum absolute atomic E-state index is 0.700. The molecule has 0 heterocycles. The summed E-state index contributed by atoms with van der Waals surface area (Å²) in [6.45, 7) is 0. The zero-order valence-corrected chi connectivity index (χ0v) is 5.79. The van der Waals surface area contributed by atoms with Crippen LogP contribution in [-0.4, -0.2) is 10.5 Å². The van der Waals surface area contributed by atoms with Crippen molar-refractivity contribution < 1.29 is 4.43 Å². The molecule has 1 aromatic rings. The van der Waals surface area contributed by atoms with Crippen LogP contribution in [0.2, 0.25) is 0 Å². The van der Waals surface area contributed by atoms with Crippen molar-refractivity contribution in [1.82, 2.24) is 0 Å². The van der Waals surface area contributed by atoms with Crippen LogP contribution in [0.25, 0.3) is 0 Å². The van der Waals surface area contributed by atoms with Gasteiger partial charge in [0.15, 0.2) is 0 Å². The van der Waals surface area contributed by atoms with Gasteiger partial charge in [-0.2, -0.15) is 0 Å². The van der Waals surface area contributed by atoms with E-state index < -0.39 is 0 Å². The summed E-state index contributed by atoms with van der Waals surface area (Å²) in [5.74, 6) is 0.715. The van der Waals surface area contributed by atoms with Crippen molar-refractivity contribution in [3.63, 3.8) is 0 Å². The van der Waals surface area contributed by atoms with Gasteiger partial charge in [0.25, 0.3) is 0 Å². The Balaban J connectivity index is 2.94. The van der Waals surface area contributed by atoms with Gasteiger partial charge in [-0.15, -0.1) is 0 Å². The van der Waals surface area contributed by atoms with Gasteiger partial charge in [-0.3, -0.25) is 0 Å². The van der Waals surface area contributed by atoms with Crippen molar-refractivity contribution in [1.29, 1.82) is 0 Å². The third-order valence-electron chi connectivity index (χ3n) is 0.976. The zero-order valence-electron chi connectivity index (χ0n) is 4.79. The molecule has 0 unspecified atom stereocenters. The van der Waals surface area contributed by atoms with E-state index in [2.05, 4.69) is 10.5 Å². The molecule has 0 fully saturated rings. The second-order valence-corrected chi connectivity index (χ2v) is 1.88. The van der Waals surface area contributed by atoms with E-state index in [-0.39, 0.29) is 0 Å². The summed E-state index contributed by atoms with van der Waals surface area (Å²) < 4.78 is 4.72. The summed E-state index contributed by atoms with van der Waals surface area (Å²) in [7, 11) is 2.88. The van der Waals surface area contributed by atoms with Crippen molar-refractivity contribution in [3.05, 3.63) is 24.3 Å². The lowest BCUT2D eigenvalue weighted by atomic mass is 10.3. The zero-order chi connectivity index (χ0) is 6.69. The Kier molecular flexibility index (Phi) is 1.74. The van der Waals surface area contributed by atoms with Crippen LogP contribution in [0.15, 0.2) is 24.3 Å². The molecular formula is C6H6NOSi. The standard InChI is InChI=1S/C6H6NOSi/c7-5-2-1-3-6(4-5)8-9/h1-4H,7H2. The summed E-state index contributed by atoms with van der Waals surface area (Å²) in [4.78, 5) is 0. The Hall–Kier alpha value is -0.963. The Morgan fingerprint density at radius 3 is 2.67 bits per heavy atom. The number of hydrogen-bond acceptors (Lipinski definition) is 2. The molecule has 0 amide bonds. The lowest BCUT2D eigenvalue weighted by Gasteiger charge is -1.97. The number of hydrogen-bond donors (Lipinski definition) is 1. The van der Waals surface area contributed by atoms with Gasteiger partial charge in [-0.25, -0.2) is 0 Å². The molecule has 45 valence electrons. The molecule has 9 heavy (non-hydrogen) atoms. The monoisotopic (exact) mass is 136 g/mol. The van der Waals surface area contributed by atoms with Gasteiger partial charge in [0.1, 0.15) is 5.75 Å². The second-order valence-electron chi connectivity index (χ2n) is 1.67. The summed E-state index contributed by atoms with van der Waals surface area (Å²) in [6.07, 6.45) is 0. The first-order valence-electron chi connectivity index (χ1n) is 2.52. The molecule has 0 aromatic heterocycles. The molecule has 0 spiro atoms. The summed E-state index contributed by atoms with van der Waals surface area (Å²) >= 11 is 0. The Labute approximate surface area is 57.2 Å². The van der Waals surface area contributed by atoms with E-state index in [4.69, 9.17) is 10.2 Å². The quantitative estimate of drug-likeness (QED) is 0.456. The second kappa shape index (κ2) is 2.55. The number of anilines is 1. The highest BCUT2D eigenvalue weighted by atomic mass is 28.2. The minimum Gasteiger partial charge on any atom is -0.540 e. The first kappa shape index (κ1) is 6.16. The van der Waals surface area contributed by atoms with Gasteiger partial charge in [0.2, 0.25) is 0 Å². The SMILES string of the molecule is Nc1cccc(O[Si])c1. The van der Waals surface area contributed by atoms with Crippen LogP contribution in [0.1, 0.15) is 0 Å². The molecule has 1 rings (SSSR count). The molecular weight excluding hydrogens is 130 g/mol. The van der Waals surface area contributed by atoms with Crippen molar-refractivity contribution in [2.24, 2.45) is 0 Å². The first-order valence-corrected chi connectivity index (χ1v) is 2.93. The largest absolute Gasteiger partial charge is 0.540 e. The van der Waals surface area contributed by atoms with Crippen molar-refractivity contribution in [2.45, 2.75) is 0 Å². The highest BCUT2D eigenvalue weighted by Crippen LogP contribution is 2.12. The summed E-state index contributed by atoms with van der Waals surface area (Å²) in [5.41, 5.74) is 6.13. The fourth-order valence-electron chi connectivity index (χ4n) is 0.578. The fraction of sp³-hybridized carbons (Fsp3) is 0. The van der Waals surface area contributed by atoms with Gasteiger partial charge in [0, 0.05) is 11.8 Å². The molecule has 2 N–H and O–H groups in total. The van der Waals surface area contributed by atoms with Crippen LogP contribution in [0.5, 0.6) is 5.75 Å². The van der Waals surface area contributed by atoms with E-state index >= 15 is 0 Å². The van der Waals surface area contributed by atoms with E-state index in [0.29, 0.717) is 11.4 Å². The normalized spacial score (nSPS) is 9.00. The smallest absolute Gasteiger partial charge is 0.341 e. The number of rotatable bonds is 1. The highest BCUT2D eigenvalue weighted by molar-refractivity contribution is 6.00. The van der Waals surface area contributed by atoms with Crippen LogP contribution in [0, 0.1) is 0 Å². The molecule has 0 atom stereocenters. The van der Waals surface area contributed by atoms with Crippen LogP contribution >= 0.6 is 0 Å². The molecule has 0 aliphatic carbocycles. The van der Waals surface area contributed by atoms with Crippen LogP contribution in [0.3, 0.4) is 0 Å². The first-order chi connectivity index (χ1) is 4.33. The van der Waals surface area contributed by atoms with E-state index in [0.717, 1.165) is 0 Å². The summed E-state index contributed by atoms with van der Waals surface area (Å²) in [5, 5.41) is 0. The van der Waals surface area contributed by atoms with E-state index in [9.17, 15) is 0 Å². The summed E-state index contributed by atoms with van der Waals surface area (Å²) in [6, 6.07) is 7.16. The van der Waals surface area contributed by atoms with Crippen molar-refractivity contribution in [3.8, 4) is 5.75 Å². The molecule has 0 saturated heterocycles.